The number of aliphatic carboxylic acids is 1. The van der Waals surface area contributed by atoms with Crippen molar-refractivity contribution in [2.24, 2.45) is 0 Å². The highest BCUT2D eigenvalue weighted by Gasteiger charge is 2.48. The van der Waals surface area contributed by atoms with E-state index in [1.54, 1.807) is 6.07 Å². The van der Waals surface area contributed by atoms with Crippen LogP contribution in [-0.4, -0.2) is 77.2 Å². The lowest BCUT2D eigenvalue weighted by atomic mass is 9.99. The normalized spacial score (nSPS) is 26.8. The summed E-state index contributed by atoms with van der Waals surface area (Å²) in [6.45, 7) is 1.73. The summed E-state index contributed by atoms with van der Waals surface area (Å²) in [5, 5.41) is 42.6. The molecule has 0 bridgehead atoms. The van der Waals surface area contributed by atoms with E-state index < -0.39 is 36.7 Å². The van der Waals surface area contributed by atoms with E-state index in [4.69, 9.17) is 9.47 Å². The highest BCUT2D eigenvalue weighted by molar-refractivity contribution is 5.73. The Labute approximate surface area is 192 Å². The predicted octanol–water partition coefficient (Wildman–Crippen LogP) is 0.804. The van der Waals surface area contributed by atoms with Crippen LogP contribution < -0.4 is 15.0 Å². The van der Waals surface area contributed by atoms with Crippen molar-refractivity contribution in [3.63, 3.8) is 0 Å². The van der Waals surface area contributed by atoms with E-state index in [1.807, 2.05) is 31.3 Å². The van der Waals surface area contributed by atoms with Crippen LogP contribution >= 0.6 is 0 Å². The number of aryl methyl sites for hydroxylation is 2. The first-order valence-electron chi connectivity index (χ1n) is 11.1. The number of aliphatic hydroxyl groups excluding tert-OH is 3. The van der Waals surface area contributed by atoms with Crippen LogP contribution in [0.5, 0.6) is 5.75 Å². The number of para-hydroxylation sites is 1. The second-order valence-corrected chi connectivity index (χ2v) is 8.38. The van der Waals surface area contributed by atoms with Gasteiger partial charge in [-0.1, -0.05) is 18.2 Å². The SMILES string of the molecule is CNCCCN1c2ccccc2CCc2cc(O[C@H]3O[C@H](C(=O)O)[C@H](O)[C@H](O)[C@@H]3O)ccc21. The monoisotopic (exact) mass is 458 g/mol. The van der Waals surface area contributed by atoms with Crippen LogP contribution in [-0.2, 0) is 22.4 Å². The Bertz CT molecular complexity index is 985. The molecule has 0 unspecified atom stereocenters. The largest absolute Gasteiger partial charge is 0.479 e. The fraction of sp³-hybridized carbons (Fsp3) is 0.458. The molecule has 5 atom stereocenters. The van der Waals surface area contributed by atoms with Crippen molar-refractivity contribution in [2.45, 2.75) is 50.0 Å². The van der Waals surface area contributed by atoms with E-state index in [1.165, 1.54) is 11.3 Å². The topological polar surface area (TPSA) is 132 Å². The molecule has 0 radical (unpaired) electrons. The molecule has 2 aromatic rings. The highest BCUT2D eigenvalue weighted by atomic mass is 16.7. The molecule has 5 N–H and O–H groups in total. The van der Waals surface area contributed by atoms with Crippen LogP contribution in [0.15, 0.2) is 42.5 Å². The third kappa shape index (κ3) is 4.83. The second kappa shape index (κ2) is 10.1. The maximum atomic E-state index is 11.4. The molecule has 0 aliphatic carbocycles. The van der Waals surface area contributed by atoms with Crippen LogP contribution in [0.2, 0.25) is 0 Å². The Hall–Kier alpha value is -2.69. The summed E-state index contributed by atoms with van der Waals surface area (Å²) in [5.41, 5.74) is 4.54. The molecule has 9 nitrogen and oxygen atoms in total. The van der Waals surface area contributed by atoms with Gasteiger partial charge in [0.15, 0.2) is 6.10 Å². The van der Waals surface area contributed by atoms with Crippen molar-refractivity contribution in [3.05, 3.63) is 53.6 Å². The number of hydrogen-bond donors (Lipinski definition) is 5. The summed E-state index contributed by atoms with van der Waals surface area (Å²) < 4.78 is 11.0. The van der Waals surface area contributed by atoms with Gasteiger partial charge in [-0.15, -0.1) is 0 Å². The van der Waals surface area contributed by atoms with Crippen molar-refractivity contribution in [2.75, 3.05) is 25.0 Å². The molecule has 4 rings (SSSR count). The van der Waals surface area contributed by atoms with Crippen LogP contribution in [0.4, 0.5) is 11.4 Å². The standard InChI is InChI=1S/C24H30N2O7/c1-25-11-4-12-26-17-6-3-2-5-14(17)7-8-15-13-16(9-10-18(15)26)32-24-21(29)19(27)20(28)22(33-24)23(30)31/h2-3,5-6,9-10,13,19-22,24-25,27-29H,4,7-8,11-12H2,1H3,(H,30,31)/t19-,20+,21-,22-,24-/m0/s1. The van der Waals surface area contributed by atoms with Crippen molar-refractivity contribution in [1.82, 2.24) is 5.32 Å². The molecular formula is C24H30N2O7. The van der Waals surface area contributed by atoms with Gasteiger partial charge in [-0.05, 0) is 68.2 Å². The highest BCUT2D eigenvalue weighted by Crippen LogP contribution is 2.38. The number of anilines is 2. The lowest BCUT2D eigenvalue weighted by Gasteiger charge is -2.38. The second-order valence-electron chi connectivity index (χ2n) is 8.38. The molecule has 2 aliphatic heterocycles. The average Bonchev–Trinajstić information content (AvgIpc) is 2.96. The van der Waals surface area contributed by atoms with Gasteiger partial charge in [-0.25, -0.2) is 4.79 Å². The fourth-order valence-electron chi connectivity index (χ4n) is 4.42. The quantitative estimate of drug-likeness (QED) is 0.382. The van der Waals surface area contributed by atoms with Gasteiger partial charge in [0, 0.05) is 17.9 Å². The lowest BCUT2D eigenvalue weighted by Crippen LogP contribution is -2.61. The molecule has 178 valence electrons. The van der Waals surface area contributed by atoms with E-state index in [-0.39, 0.29) is 0 Å². The van der Waals surface area contributed by atoms with E-state index in [0.29, 0.717) is 5.75 Å². The first-order chi connectivity index (χ1) is 15.9. The molecule has 2 heterocycles. The maximum Gasteiger partial charge on any atom is 0.335 e. The van der Waals surface area contributed by atoms with Gasteiger partial charge >= 0.3 is 5.97 Å². The van der Waals surface area contributed by atoms with Gasteiger partial charge in [0.1, 0.15) is 24.1 Å². The molecule has 1 fully saturated rings. The number of benzene rings is 2. The molecule has 0 spiro atoms. The van der Waals surface area contributed by atoms with Gasteiger partial charge < -0.3 is 40.1 Å². The molecule has 2 aromatic carbocycles. The van der Waals surface area contributed by atoms with Gasteiger partial charge in [0.05, 0.1) is 0 Å². The number of aliphatic hydroxyl groups is 3. The number of fused-ring (bicyclic) bond motifs is 2. The molecule has 2 aliphatic rings. The summed E-state index contributed by atoms with van der Waals surface area (Å²) in [5.74, 6) is -1.06. The first-order valence-corrected chi connectivity index (χ1v) is 11.1. The Balaban J connectivity index is 1.59. The maximum absolute atomic E-state index is 11.4. The zero-order valence-corrected chi connectivity index (χ0v) is 18.4. The third-order valence-electron chi connectivity index (χ3n) is 6.16. The van der Waals surface area contributed by atoms with Gasteiger partial charge in [-0.2, -0.15) is 0 Å². The zero-order valence-electron chi connectivity index (χ0n) is 18.4. The zero-order chi connectivity index (χ0) is 23.5. The van der Waals surface area contributed by atoms with Crippen LogP contribution in [0.1, 0.15) is 17.5 Å². The number of nitrogens with zero attached hydrogens (tertiary/aromatic N) is 1. The van der Waals surface area contributed by atoms with E-state index in [9.17, 15) is 25.2 Å². The minimum Gasteiger partial charge on any atom is -0.479 e. The molecule has 0 amide bonds. The summed E-state index contributed by atoms with van der Waals surface area (Å²) in [7, 11) is 1.93. The molecule has 33 heavy (non-hydrogen) atoms. The Morgan fingerprint density at radius 3 is 2.55 bits per heavy atom. The summed E-state index contributed by atoms with van der Waals surface area (Å²) in [6, 6.07) is 13.9. The number of carboxylic acid groups (broad SMARTS) is 1. The van der Waals surface area contributed by atoms with Crippen molar-refractivity contribution in [1.29, 1.82) is 0 Å². The minimum atomic E-state index is -1.76. The molecular weight excluding hydrogens is 428 g/mol. The van der Waals surface area contributed by atoms with E-state index >= 15 is 0 Å². The minimum absolute atomic E-state index is 0.381. The summed E-state index contributed by atoms with van der Waals surface area (Å²) in [4.78, 5) is 13.7. The predicted molar refractivity (Wildman–Crippen MR) is 121 cm³/mol. The number of nitrogens with one attached hydrogen (secondary N) is 1. The van der Waals surface area contributed by atoms with Crippen LogP contribution in [0.3, 0.4) is 0 Å². The number of ether oxygens (including phenoxy) is 2. The van der Waals surface area contributed by atoms with E-state index in [0.717, 1.165) is 43.6 Å². The Morgan fingerprint density at radius 2 is 1.79 bits per heavy atom. The number of carboxylic acids is 1. The van der Waals surface area contributed by atoms with Gasteiger partial charge in [-0.3, -0.25) is 0 Å². The molecule has 1 saturated heterocycles. The molecule has 9 heteroatoms. The van der Waals surface area contributed by atoms with Crippen molar-refractivity contribution < 1.29 is 34.7 Å². The molecule has 0 saturated carbocycles. The van der Waals surface area contributed by atoms with Crippen LogP contribution in [0, 0.1) is 0 Å². The van der Waals surface area contributed by atoms with Gasteiger partial charge in [0.25, 0.3) is 0 Å². The molecule has 0 aromatic heterocycles. The number of rotatable bonds is 7. The lowest BCUT2D eigenvalue weighted by molar-refractivity contribution is -0.271. The first kappa shape index (κ1) is 23.5. The Kier molecular flexibility index (Phi) is 7.16. The van der Waals surface area contributed by atoms with Crippen molar-refractivity contribution >= 4 is 17.3 Å². The van der Waals surface area contributed by atoms with Gasteiger partial charge in [0.2, 0.25) is 6.29 Å². The smallest absolute Gasteiger partial charge is 0.335 e. The summed E-state index contributed by atoms with van der Waals surface area (Å²) >= 11 is 0. The number of hydrogen-bond acceptors (Lipinski definition) is 8. The average molecular weight is 459 g/mol. The number of carbonyl (C=O) groups is 1. The summed E-state index contributed by atoms with van der Waals surface area (Å²) in [6.07, 6.45) is -5.61. The van der Waals surface area contributed by atoms with E-state index in [2.05, 4.69) is 22.3 Å². The van der Waals surface area contributed by atoms with Crippen molar-refractivity contribution in [3.8, 4) is 5.75 Å². The van der Waals surface area contributed by atoms with Crippen LogP contribution in [0.25, 0.3) is 0 Å². The fourth-order valence-corrected chi connectivity index (χ4v) is 4.42. The third-order valence-corrected chi connectivity index (χ3v) is 6.16. The Morgan fingerprint density at radius 1 is 1.06 bits per heavy atom.